The molecule has 0 heterocycles. The van der Waals surface area contributed by atoms with Gasteiger partial charge in [-0.1, -0.05) is 32.0 Å². The topological polar surface area (TPSA) is 26.0 Å². The maximum atomic E-state index is 6.21. The second-order valence-corrected chi connectivity index (χ2v) is 5.10. The molecule has 1 nitrogen and oxygen atoms in total. The Kier molecular flexibility index (Phi) is 3.07. The number of nitrogens with two attached hydrogens (primary N) is 1. The fourth-order valence-corrected chi connectivity index (χ4v) is 2.95. The molecule has 0 aromatic heterocycles. The highest BCUT2D eigenvalue weighted by molar-refractivity contribution is 5.46. The molecule has 1 atom stereocenters. The van der Waals surface area contributed by atoms with E-state index in [0.29, 0.717) is 5.41 Å². The minimum absolute atomic E-state index is 0.283. The molecule has 0 bridgehead atoms. The Balaban J connectivity index is 2.53. The van der Waals surface area contributed by atoms with Gasteiger partial charge in [0.25, 0.3) is 0 Å². The first-order valence-corrected chi connectivity index (χ1v) is 6.52. The Morgan fingerprint density at radius 3 is 2.00 bits per heavy atom. The van der Waals surface area contributed by atoms with E-state index in [-0.39, 0.29) is 6.04 Å². The lowest BCUT2D eigenvalue weighted by Crippen LogP contribution is -2.33. The van der Waals surface area contributed by atoms with E-state index < -0.39 is 0 Å². The van der Waals surface area contributed by atoms with Gasteiger partial charge in [-0.25, -0.2) is 0 Å². The van der Waals surface area contributed by atoms with Crippen molar-refractivity contribution >= 4 is 0 Å². The Labute approximate surface area is 99.0 Å². The number of rotatable bonds is 4. The molecule has 1 unspecified atom stereocenters. The van der Waals surface area contributed by atoms with Crippen LogP contribution in [0.1, 0.15) is 50.3 Å². The maximum Gasteiger partial charge on any atom is 0.0108 e. The molecule has 16 heavy (non-hydrogen) atoms. The molecule has 0 spiro atoms. The Bertz CT molecular complexity index is 353. The van der Waals surface area contributed by atoms with Crippen LogP contribution in [0.4, 0.5) is 0 Å². The molecule has 1 aliphatic rings. The summed E-state index contributed by atoms with van der Waals surface area (Å²) in [5.74, 6) is 0. The zero-order valence-corrected chi connectivity index (χ0v) is 10.7. The van der Waals surface area contributed by atoms with Crippen molar-refractivity contribution < 1.29 is 0 Å². The first kappa shape index (κ1) is 11.7. The van der Waals surface area contributed by atoms with Gasteiger partial charge in [-0.05, 0) is 49.3 Å². The van der Waals surface area contributed by atoms with Crippen molar-refractivity contribution in [3.63, 3.8) is 0 Å². The monoisotopic (exact) mass is 217 g/mol. The normalized spacial score (nSPS) is 19.5. The number of hydrogen-bond acceptors (Lipinski definition) is 1. The molecule has 0 radical (unpaired) electrons. The minimum atomic E-state index is 0.283. The third kappa shape index (κ3) is 1.67. The van der Waals surface area contributed by atoms with Crippen LogP contribution >= 0.6 is 0 Å². The van der Waals surface area contributed by atoms with E-state index in [4.69, 9.17) is 5.73 Å². The van der Waals surface area contributed by atoms with Crippen LogP contribution in [0.25, 0.3) is 0 Å². The van der Waals surface area contributed by atoms with Gasteiger partial charge in [0.2, 0.25) is 0 Å². The molecule has 1 aromatic rings. The van der Waals surface area contributed by atoms with Crippen molar-refractivity contribution in [3.8, 4) is 0 Å². The van der Waals surface area contributed by atoms with Gasteiger partial charge in [-0.3, -0.25) is 0 Å². The summed E-state index contributed by atoms with van der Waals surface area (Å²) in [5.41, 5.74) is 11.1. The van der Waals surface area contributed by atoms with Crippen LogP contribution in [0.5, 0.6) is 0 Å². The van der Waals surface area contributed by atoms with Crippen molar-refractivity contribution in [3.05, 3.63) is 34.9 Å². The second-order valence-electron chi connectivity index (χ2n) is 5.10. The molecule has 2 rings (SSSR count). The molecule has 0 saturated heterocycles. The maximum absolute atomic E-state index is 6.21. The summed E-state index contributed by atoms with van der Waals surface area (Å²) in [7, 11) is 0. The van der Waals surface area contributed by atoms with Crippen LogP contribution in [-0.4, -0.2) is 6.04 Å². The van der Waals surface area contributed by atoms with Gasteiger partial charge in [0.15, 0.2) is 0 Å². The SMILES string of the molecule is CCc1cccc(CC)c1C1(C(C)N)CC1. The first-order chi connectivity index (χ1) is 7.65. The molecular weight excluding hydrogens is 194 g/mol. The van der Waals surface area contributed by atoms with Crippen molar-refractivity contribution in [2.24, 2.45) is 5.73 Å². The highest BCUT2D eigenvalue weighted by Gasteiger charge is 2.49. The molecule has 1 heteroatoms. The van der Waals surface area contributed by atoms with Crippen molar-refractivity contribution in [2.75, 3.05) is 0 Å². The van der Waals surface area contributed by atoms with Crippen LogP contribution in [0.2, 0.25) is 0 Å². The largest absolute Gasteiger partial charge is 0.327 e. The summed E-state index contributed by atoms with van der Waals surface area (Å²) < 4.78 is 0. The van der Waals surface area contributed by atoms with Crippen molar-refractivity contribution in [1.29, 1.82) is 0 Å². The van der Waals surface area contributed by atoms with E-state index in [0.717, 1.165) is 12.8 Å². The molecule has 2 N–H and O–H groups in total. The summed E-state index contributed by atoms with van der Waals surface area (Å²) in [5, 5.41) is 0. The predicted octanol–water partition coefficient (Wildman–Crippen LogP) is 3.19. The van der Waals surface area contributed by atoms with E-state index >= 15 is 0 Å². The van der Waals surface area contributed by atoms with E-state index in [9.17, 15) is 0 Å². The molecule has 1 aromatic carbocycles. The van der Waals surface area contributed by atoms with Gasteiger partial charge in [-0.15, -0.1) is 0 Å². The average molecular weight is 217 g/mol. The van der Waals surface area contributed by atoms with Crippen LogP contribution in [-0.2, 0) is 18.3 Å². The minimum Gasteiger partial charge on any atom is -0.327 e. The summed E-state index contributed by atoms with van der Waals surface area (Å²) >= 11 is 0. The molecule has 1 saturated carbocycles. The number of aryl methyl sites for hydroxylation is 2. The van der Waals surface area contributed by atoms with Crippen LogP contribution in [0.15, 0.2) is 18.2 Å². The predicted molar refractivity (Wildman–Crippen MR) is 69.8 cm³/mol. The first-order valence-electron chi connectivity index (χ1n) is 6.52. The van der Waals surface area contributed by atoms with E-state index in [1.807, 2.05) is 0 Å². The van der Waals surface area contributed by atoms with Gasteiger partial charge in [0, 0.05) is 11.5 Å². The zero-order chi connectivity index (χ0) is 11.8. The lowest BCUT2D eigenvalue weighted by Gasteiger charge is -2.26. The van der Waals surface area contributed by atoms with Crippen LogP contribution < -0.4 is 5.73 Å². The quantitative estimate of drug-likeness (QED) is 0.823. The lowest BCUT2D eigenvalue weighted by atomic mass is 9.81. The van der Waals surface area contributed by atoms with Crippen LogP contribution in [0, 0.1) is 0 Å². The van der Waals surface area contributed by atoms with Crippen molar-refractivity contribution in [2.45, 2.75) is 57.9 Å². The highest BCUT2D eigenvalue weighted by Crippen LogP contribution is 2.52. The van der Waals surface area contributed by atoms with E-state index in [1.54, 1.807) is 5.56 Å². The molecular formula is C15H23N. The van der Waals surface area contributed by atoms with Gasteiger partial charge in [0.1, 0.15) is 0 Å². The van der Waals surface area contributed by atoms with Gasteiger partial charge in [-0.2, -0.15) is 0 Å². The number of hydrogen-bond donors (Lipinski definition) is 1. The summed E-state index contributed by atoms with van der Waals surface area (Å²) in [4.78, 5) is 0. The standard InChI is InChI=1S/C15H23N/c1-4-12-7-6-8-13(5-2)14(12)15(9-10-15)11(3)16/h6-8,11H,4-5,9-10,16H2,1-3H3. The molecule has 88 valence electrons. The average Bonchev–Trinajstić information content (AvgIpc) is 3.09. The van der Waals surface area contributed by atoms with Gasteiger partial charge in [0.05, 0.1) is 0 Å². The molecule has 1 aliphatic carbocycles. The third-order valence-electron chi connectivity index (χ3n) is 4.16. The van der Waals surface area contributed by atoms with Gasteiger partial charge >= 0.3 is 0 Å². The Morgan fingerprint density at radius 1 is 1.19 bits per heavy atom. The molecule has 1 fully saturated rings. The van der Waals surface area contributed by atoms with E-state index in [2.05, 4.69) is 39.0 Å². The van der Waals surface area contributed by atoms with E-state index in [1.165, 1.54) is 24.0 Å². The third-order valence-corrected chi connectivity index (χ3v) is 4.16. The fourth-order valence-electron chi connectivity index (χ4n) is 2.95. The fraction of sp³-hybridized carbons (Fsp3) is 0.600. The molecule has 0 amide bonds. The smallest absolute Gasteiger partial charge is 0.0108 e. The van der Waals surface area contributed by atoms with Crippen LogP contribution in [0.3, 0.4) is 0 Å². The Morgan fingerprint density at radius 2 is 1.69 bits per heavy atom. The van der Waals surface area contributed by atoms with Crippen molar-refractivity contribution in [1.82, 2.24) is 0 Å². The zero-order valence-electron chi connectivity index (χ0n) is 10.7. The summed E-state index contributed by atoms with van der Waals surface area (Å²) in [6, 6.07) is 7.03. The Hall–Kier alpha value is -0.820. The van der Waals surface area contributed by atoms with Gasteiger partial charge < -0.3 is 5.73 Å². The second kappa shape index (κ2) is 4.21. The summed E-state index contributed by atoms with van der Waals surface area (Å²) in [6.07, 6.45) is 4.79. The number of benzene rings is 1. The highest BCUT2D eigenvalue weighted by atomic mass is 14.7. The molecule has 0 aliphatic heterocycles. The summed E-state index contributed by atoms with van der Waals surface area (Å²) in [6.45, 7) is 6.66. The lowest BCUT2D eigenvalue weighted by molar-refractivity contribution is 0.547.